The Labute approximate surface area is 133 Å². The summed E-state index contributed by atoms with van der Waals surface area (Å²) in [6.07, 6.45) is 4.87. The molecule has 0 radical (unpaired) electrons. The molecule has 2 heteroatoms. The van der Waals surface area contributed by atoms with Gasteiger partial charge in [0.15, 0.2) is 0 Å². The quantitative estimate of drug-likeness (QED) is 0.598. The maximum Gasteiger partial charge on any atom is 0.312 e. The van der Waals surface area contributed by atoms with Crippen molar-refractivity contribution in [2.45, 2.75) is 88.5 Å². The van der Waals surface area contributed by atoms with Crippen LogP contribution >= 0.6 is 0 Å². The van der Waals surface area contributed by atoms with Crippen LogP contribution in [0.4, 0.5) is 0 Å². The van der Waals surface area contributed by atoms with Crippen LogP contribution in [-0.2, 0) is 9.53 Å². The van der Waals surface area contributed by atoms with Gasteiger partial charge in [0.05, 0.1) is 12.0 Å². The van der Waals surface area contributed by atoms with Gasteiger partial charge >= 0.3 is 5.97 Å². The van der Waals surface area contributed by atoms with Crippen molar-refractivity contribution in [3.8, 4) is 0 Å². The molecule has 0 spiro atoms. The first-order valence-corrected chi connectivity index (χ1v) is 8.07. The highest BCUT2D eigenvalue weighted by atomic mass is 16.5. The number of hydrogen-bond donors (Lipinski definition) is 0. The van der Waals surface area contributed by atoms with Gasteiger partial charge in [-0.2, -0.15) is 0 Å². The third-order valence-electron chi connectivity index (χ3n) is 5.66. The van der Waals surface area contributed by atoms with Gasteiger partial charge in [-0.25, -0.2) is 0 Å². The van der Waals surface area contributed by atoms with E-state index in [2.05, 4.69) is 48.5 Å². The fourth-order valence-electron chi connectivity index (χ4n) is 2.59. The number of carbonyl (C=O) groups is 1. The summed E-state index contributed by atoms with van der Waals surface area (Å²) in [5.41, 5.74) is 1.13. The monoisotopic (exact) mass is 298 g/mol. The number of hydrogen-bond acceptors (Lipinski definition) is 2. The van der Waals surface area contributed by atoms with Crippen molar-refractivity contribution in [3.05, 3.63) is 0 Å². The standard InChI is InChI=1S/C10H18O2.C8H16.CH4/c1-5-12-8(11)10(6-7-10)9(2,3)4;1-7(2,3)8(4)5-6-8;/h5-7H2,1-4H3;5-6H2,1-4H3;1H4. The Hall–Kier alpha value is -0.530. The molecule has 21 heavy (non-hydrogen) atoms. The van der Waals surface area contributed by atoms with Crippen LogP contribution in [0.5, 0.6) is 0 Å². The predicted octanol–water partition coefficient (Wildman–Crippen LogP) is 5.84. The van der Waals surface area contributed by atoms with Gasteiger partial charge in [-0.1, -0.05) is 55.9 Å². The minimum Gasteiger partial charge on any atom is -0.466 e. The lowest BCUT2D eigenvalue weighted by Crippen LogP contribution is -2.32. The lowest BCUT2D eigenvalue weighted by molar-refractivity contribution is -0.154. The van der Waals surface area contributed by atoms with Gasteiger partial charge in [0.25, 0.3) is 0 Å². The third kappa shape index (κ3) is 4.47. The zero-order valence-electron chi connectivity index (χ0n) is 14.9. The molecule has 0 aliphatic heterocycles. The average molecular weight is 299 g/mol. The summed E-state index contributed by atoms with van der Waals surface area (Å²) in [6, 6.07) is 0. The van der Waals surface area contributed by atoms with Gasteiger partial charge in [-0.15, -0.1) is 0 Å². The van der Waals surface area contributed by atoms with E-state index in [4.69, 9.17) is 4.74 Å². The molecule has 2 rings (SSSR count). The van der Waals surface area contributed by atoms with Gasteiger partial charge in [-0.05, 0) is 48.9 Å². The van der Waals surface area contributed by atoms with Crippen LogP contribution in [0.25, 0.3) is 0 Å². The van der Waals surface area contributed by atoms with Crippen molar-refractivity contribution in [2.75, 3.05) is 6.61 Å². The van der Waals surface area contributed by atoms with Crippen molar-refractivity contribution < 1.29 is 9.53 Å². The Morgan fingerprint density at radius 3 is 1.52 bits per heavy atom. The third-order valence-corrected chi connectivity index (χ3v) is 5.66. The van der Waals surface area contributed by atoms with Crippen LogP contribution < -0.4 is 0 Å². The van der Waals surface area contributed by atoms with Crippen molar-refractivity contribution in [3.63, 3.8) is 0 Å². The molecule has 0 unspecified atom stereocenters. The summed E-state index contributed by atoms with van der Waals surface area (Å²) in [5, 5.41) is 0. The summed E-state index contributed by atoms with van der Waals surface area (Å²) in [4.78, 5) is 11.6. The molecule has 0 aromatic rings. The van der Waals surface area contributed by atoms with Crippen LogP contribution in [0.1, 0.15) is 88.5 Å². The molecular weight excluding hydrogens is 260 g/mol. The zero-order chi connectivity index (χ0) is 15.8. The molecule has 0 saturated heterocycles. The SMILES string of the molecule is C.CC(C)(C)C1(C)CC1.CCOC(=O)C1(C(C)(C)C)CC1. The molecule has 0 atom stereocenters. The maximum atomic E-state index is 11.6. The Morgan fingerprint density at radius 1 is 0.952 bits per heavy atom. The molecule has 2 saturated carbocycles. The molecule has 2 aliphatic rings. The van der Waals surface area contributed by atoms with Crippen LogP contribution in [0.15, 0.2) is 0 Å². The highest BCUT2D eigenvalue weighted by Crippen LogP contribution is 2.59. The van der Waals surface area contributed by atoms with Gasteiger partial charge in [0.1, 0.15) is 0 Å². The van der Waals surface area contributed by atoms with Crippen LogP contribution in [-0.4, -0.2) is 12.6 Å². The van der Waals surface area contributed by atoms with E-state index in [1.54, 1.807) is 0 Å². The number of ether oxygens (including phenoxy) is 1. The average Bonchev–Trinajstić information content (AvgIpc) is 3.08. The summed E-state index contributed by atoms with van der Waals surface area (Å²) >= 11 is 0. The van der Waals surface area contributed by atoms with Crippen LogP contribution in [0, 0.1) is 21.7 Å². The zero-order valence-corrected chi connectivity index (χ0v) is 14.9. The molecule has 2 nitrogen and oxygen atoms in total. The number of esters is 1. The van der Waals surface area contributed by atoms with Gasteiger partial charge in [0.2, 0.25) is 0 Å². The Balaban J connectivity index is 0.000000390. The van der Waals surface area contributed by atoms with Gasteiger partial charge in [-0.3, -0.25) is 4.79 Å². The minimum atomic E-state index is -0.164. The van der Waals surface area contributed by atoms with Crippen LogP contribution in [0.3, 0.4) is 0 Å². The van der Waals surface area contributed by atoms with Crippen molar-refractivity contribution in [2.24, 2.45) is 21.7 Å². The highest BCUT2D eigenvalue weighted by molar-refractivity contribution is 5.80. The summed E-state index contributed by atoms with van der Waals surface area (Å²) in [5.74, 6) is -0.00231. The van der Waals surface area contributed by atoms with E-state index in [1.807, 2.05) is 6.92 Å². The Morgan fingerprint density at radius 2 is 1.38 bits per heavy atom. The molecule has 2 fully saturated rings. The molecule has 0 heterocycles. The first kappa shape index (κ1) is 20.5. The lowest BCUT2D eigenvalue weighted by atomic mass is 9.77. The molecule has 2 aliphatic carbocycles. The second kappa shape index (κ2) is 6.30. The van der Waals surface area contributed by atoms with E-state index in [0.717, 1.165) is 12.8 Å². The second-order valence-corrected chi connectivity index (χ2v) is 8.86. The second-order valence-electron chi connectivity index (χ2n) is 8.86. The van der Waals surface area contributed by atoms with Crippen molar-refractivity contribution >= 4 is 5.97 Å². The first-order chi connectivity index (χ1) is 8.90. The largest absolute Gasteiger partial charge is 0.466 e. The molecule has 0 N–H and O–H groups in total. The maximum absolute atomic E-state index is 11.6. The molecule has 0 bridgehead atoms. The molecule has 0 aromatic carbocycles. The van der Waals surface area contributed by atoms with Crippen molar-refractivity contribution in [1.82, 2.24) is 0 Å². The minimum absolute atomic E-state index is 0. The molecule has 126 valence electrons. The highest BCUT2D eigenvalue weighted by Gasteiger charge is 2.59. The van der Waals surface area contributed by atoms with E-state index in [1.165, 1.54) is 12.8 Å². The van der Waals surface area contributed by atoms with Crippen molar-refractivity contribution in [1.29, 1.82) is 0 Å². The van der Waals surface area contributed by atoms with Gasteiger partial charge < -0.3 is 4.74 Å². The lowest BCUT2D eigenvalue weighted by Gasteiger charge is -2.28. The normalized spacial score (nSPS) is 21.3. The van der Waals surface area contributed by atoms with Crippen LogP contribution in [0.2, 0.25) is 0 Å². The fourth-order valence-corrected chi connectivity index (χ4v) is 2.59. The van der Waals surface area contributed by atoms with Gasteiger partial charge in [0, 0.05) is 0 Å². The first-order valence-electron chi connectivity index (χ1n) is 8.07. The summed E-state index contributed by atoms with van der Waals surface area (Å²) in [7, 11) is 0. The molecule has 0 aromatic heterocycles. The Kier molecular flexibility index (Phi) is 6.14. The Bertz CT molecular complexity index is 343. The van der Waals surface area contributed by atoms with E-state index in [-0.39, 0.29) is 24.2 Å². The predicted molar refractivity (Wildman–Crippen MR) is 91.3 cm³/mol. The topological polar surface area (TPSA) is 26.3 Å². The fraction of sp³-hybridized carbons (Fsp3) is 0.947. The molecule has 0 amide bonds. The smallest absolute Gasteiger partial charge is 0.312 e. The molecular formula is C19H38O2. The number of rotatable bonds is 2. The van der Waals surface area contributed by atoms with E-state index in [9.17, 15) is 4.79 Å². The number of carbonyl (C=O) groups excluding carboxylic acids is 1. The summed E-state index contributed by atoms with van der Waals surface area (Å²) < 4.78 is 5.06. The van der Waals surface area contributed by atoms with E-state index >= 15 is 0 Å². The summed E-state index contributed by atoms with van der Waals surface area (Å²) in [6.45, 7) is 18.1. The van der Waals surface area contributed by atoms with E-state index < -0.39 is 0 Å². The van der Waals surface area contributed by atoms with E-state index in [0.29, 0.717) is 17.4 Å².